The molecule has 1 aliphatic heterocycles. The molecule has 9 heteroatoms. The van der Waals surface area contributed by atoms with E-state index in [9.17, 15) is 22.8 Å². The number of primary amides is 1. The molecule has 0 bridgehead atoms. The predicted octanol–water partition coefficient (Wildman–Crippen LogP) is 0.225. The molecule has 1 fully saturated rings. The molecule has 19 heavy (non-hydrogen) atoms. The first-order valence-electron chi connectivity index (χ1n) is 5.64. The summed E-state index contributed by atoms with van der Waals surface area (Å²) in [5.41, 5.74) is 2.61. The Hall–Kier alpha value is -1.35. The quantitative estimate of drug-likeness (QED) is 0.776. The van der Waals surface area contributed by atoms with E-state index in [1.54, 1.807) is 0 Å². The van der Waals surface area contributed by atoms with Gasteiger partial charge in [0.25, 0.3) is 0 Å². The molecule has 0 aromatic rings. The summed E-state index contributed by atoms with van der Waals surface area (Å²) in [5.74, 6) is -0.635. The summed E-state index contributed by atoms with van der Waals surface area (Å²) < 4.78 is 43.3. The fourth-order valence-corrected chi connectivity index (χ4v) is 2.06. The van der Waals surface area contributed by atoms with Crippen molar-refractivity contribution in [1.82, 2.24) is 10.2 Å². The lowest BCUT2D eigenvalue weighted by Gasteiger charge is -2.41. The van der Waals surface area contributed by atoms with Crippen LogP contribution in [-0.2, 0) is 9.53 Å². The zero-order valence-corrected chi connectivity index (χ0v) is 10.4. The Kier molecular flexibility index (Phi) is 4.75. The predicted molar refractivity (Wildman–Crippen MR) is 59.2 cm³/mol. The highest BCUT2D eigenvalue weighted by Crippen LogP contribution is 2.40. The molecule has 1 rings (SSSR count). The number of alkyl halides is 3. The molecule has 0 aromatic heterocycles. The minimum Gasteiger partial charge on any atom is -0.369 e. The zero-order chi connectivity index (χ0) is 14.7. The highest BCUT2D eigenvalue weighted by molar-refractivity contribution is 5.94. The van der Waals surface area contributed by atoms with Crippen LogP contribution >= 0.6 is 0 Å². The van der Waals surface area contributed by atoms with Crippen molar-refractivity contribution in [1.29, 1.82) is 0 Å². The molecule has 1 heterocycles. The molecule has 0 aliphatic carbocycles. The average molecular weight is 283 g/mol. The van der Waals surface area contributed by atoms with Gasteiger partial charge in [-0.3, -0.25) is 15.0 Å². The summed E-state index contributed by atoms with van der Waals surface area (Å²) in [7, 11) is 1.03. The van der Waals surface area contributed by atoms with Gasteiger partial charge >= 0.3 is 12.2 Å². The molecular weight excluding hydrogens is 267 g/mol. The first kappa shape index (κ1) is 15.7. The third-order valence-corrected chi connectivity index (χ3v) is 3.20. The van der Waals surface area contributed by atoms with Crippen LogP contribution in [0.5, 0.6) is 0 Å². The number of halogens is 3. The second-order valence-corrected chi connectivity index (χ2v) is 4.38. The highest BCUT2D eigenvalue weighted by Gasteiger charge is 2.56. The van der Waals surface area contributed by atoms with E-state index in [1.807, 2.05) is 5.32 Å². The summed E-state index contributed by atoms with van der Waals surface area (Å²) in [6, 6.07) is -0.983. The Bertz CT molecular complexity index is 352. The van der Waals surface area contributed by atoms with E-state index in [0.29, 0.717) is 0 Å². The highest BCUT2D eigenvalue weighted by atomic mass is 19.4. The Balaban J connectivity index is 2.53. The number of amides is 3. The summed E-state index contributed by atoms with van der Waals surface area (Å²) >= 11 is 0. The van der Waals surface area contributed by atoms with Gasteiger partial charge in [-0.1, -0.05) is 0 Å². The minimum absolute atomic E-state index is 0.0551. The van der Waals surface area contributed by atoms with Crippen LogP contribution in [0.1, 0.15) is 12.8 Å². The van der Waals surface area contributed by atoms with Crippen LogP contribution in [0.15, 0.2) is 0 Å². The average Bonchev–Trinajstić information content (AvgIpc) is 2.27. The van der Waals surface area contributed by atoms with Crippen molar-refractivity contribution in [2.24, 2.45) is 5.73 Å². The normalized spacial score (nSPS) is 20.0. The number of nitrogens with one attached hydrogen (secondary N) is 1. The summed E-state index contributed by atoms with van der Waals surface area (Å²) in [5, 5.41) is 1.86. The summed E-state index contributed by atoms with van der Waals surface area (Å²) in [6.07, 6.45) is -4.95. The van der Waals surface area contributed by atoms with Crippen LogP contribution in [0.25, 0.3) is 0 Å². The maximum Gasteiger partial charge on any atom is 0.417 e. The second kappa shape index (κ2) is 5.74. The number of piperidine rings is 1. The lowest BCUT2D eigenvalue weighted by atomic mass is 9.90. The van der Waals surface area contributed by atoms with Crippen LogP contribution in [0.2, 0.25) is 0 Å². The molecule has 1 saturated heterocycles. The van der Waals surface area contributed by atoms with E-state index in [0.717, 1.165) is 7.11 Å². The number of ether oxygens (including phenoxy) is 1. The number of carbonyl (C=O) groups excluding carboxylic acids is 2. The number of rotatable bonds is 3. The van der Waals surface area contributed by atoms with Crippen LogP contribution in [0.3, 0.4) is 0 Å². The maximum absolute atomic E-state index is 12.9. The van der Waals surface area contributed by atoms with Crippen LogP contribution in [0.4, 0.5) is 18.0 Å². The van der Waals surface area contributed by atoms with E-state index in [4.69, 9.17) is 5.73 Å². The first-order chi connectivity index (χ1) is 8.70. The van der Waals surface area contributed by atoms with Crippen LogP contribution in [0, 0.1) is 0 Å². The summed E-state index contributed by atoms with van der Waals surface area (Å²) in [4.78, 5) is 23.2. The van der Waals surface area contributed by atoms with Gasteiger partial charge in [-0.15, -0.1) is 0 Å². The van der Waals surface area contributed by atoms with E-state index < -0.39 is 23.7 Å². The number of imide groups is 1. The van der Waals surface area contributed by atoms with Gasteiger partial charge in [0, 0.05) is 20.2 Å². The Morgan fingerprint density at radius 1 is 1.37 bits per heavy atom. The van der Waals surface area contributed by atoms with Gasteiger partial charge in [-0.2, -0.15) is 13.2 Å². The molecule has 3 N–H and O–H groups in total. The summed E-state index contributed by atoms with van der Waals surface area (Å²) in [6.45, 7) is -0.0559. The molecule has 0 aromatic carbocycles. The van der Waals surface area contributed by atoms with Crippen LogP contribution in [-0.4, -0.2) is 55.4 Å². The molecule has 6 nitrogen and oxygen atoms in total. The third-order valence-electron chi connectivity index (χ3n) is 3.20. The van der Waals surface area contributed by atoms with E-state index >= 15 is 0 Å². The molecule has 0 atom stereocenters. The number of urea groups is 1. The Morgan fingerprint density at radius 3 is 2.26 bits per heavy atom. The first-order valence-corrected chi connectivity index (χ1v) is 5.64. The number of carbonyl (C=O) groups is 2. The van der Waals surface area contributed by atoms with Gasteiger partial charge in [-0.05, 0) is 12.8 Å². The SMILES string of the molecule is COC1(C(F)(F)F)CCN(CC(=O)NC(N)=O)CC1. The van der Waals surface area contributed by atoms with E-state index in [2.05, 4.69) is 4.74 Å². The van der Waals surface area contributed by atoms with Crippen molar-refractivity contribution < 1.29 is 27.5 Å². The maximum atomic E-state index is 12.9. The van der Waals surface area contributed by atoms with Crippen molar-refractivity contribution in [2.45, 2.75) is 24.6 Å². The van der Waals surface area contributed by atoms with Crippen molar-refractivity contribution >= 4 is 11.9 Å². The molecule has 0 radical (unpaired) electrons. The Labute approximate surface area is 108 Å². The molecule has 3 amide bonds. The van der Waals surface area contributed by atoms with Gasteiger partial charge < -0.3 is 10.5 Å². The number of nitrogens with two attached hydrogens (primary N) is 1. The van der Waals surface area contributed by atoms with Crippen molar-refractivity contribution in [3.05, 3.63) is 0 Å². The van der Waals surface area contributed by atoms with Gasteiger partial charge in [-0.25, -0.2) is 4.79 Å². The van der Waals surface area contributed by atoms with Gasteiger partial charge in [0.1, 0.15) is 0 Å². The smallest absolute Gasteiger partial charge is 0.369 e. The molecule has 110 valence electrons. The number of nitrogens with zero attached hydrogens (tertiary/aromatic N) is 1. The topological polar surface area (TPSA) is 84.7 Å². The van der Waals surface area contributed by atoms with E-state index in [1.165, 1.54) is 4.90 Å². The van der Waals surface area contributed by atoms with E-state index in [-0.39, 0.29) is 32.5 Å². The second-order valence-electron chi connectivity index (χ2n) is 4.38. The molecule has 0 unspecified atom stereocenters. The fraction of sp³-hybridized carbons (Fsp3) is 0.800. The van der Waals surface area contributed by atoms with Crippen molar-refractivity contribution in [3.8, 4) is 0 Å². The minimum atomic E-state index is -4.44. The Morgan fingerprint density at radius 2 is 1.89 bits per heavy atom. The standard InChI is InChI=1S/C10H16F3N3O3/c1-19-9(10(11,12)13)2-4-16(5-3-9)6-7(17)15-8(14)18/h2-6H2,1H3,(H3,14,15,17,18). The number of hydrogen-bond acceptors (Lipinski definition) is 4. The van der Waals surface area contributed by atoms with Gasteiger partial charge in [0.15, 0.2) is 5.60 Å². The van der Waals surface area contributed by atoms with Crippen molar-refractivity contribution in [3.63, 3.8) is 0 Å². The number of likely N-dealkylation sites (tertiary alicyclic amines) is 1. The fourth-order valence-electron chi connectivity index (χ4n) is 2.06. The molecule has 0 spiro atoms. The van der Waals surface area contributed by atoms with Gasteiger partial charge in [0.05, 0.1) is 6.54 Å². The third kappa shape index (κ3) is 3.80. The molecule has 0 saturated carbocycles. The molecular formula is C10H16F3N3O3. The molecule has 1 aliphatic rings. The van der Waals surface area contributed by atoms with Gasteiger partial charge in [0.2, 0.25) is 5.91 Å². The largest absolute Gasteiger partial charge is 0.417 e. The van der Waals surface area contributed by atoms with Crippen molar-refractivity contribution in [2.75, 3.05) is 26.7 Å². The zero-order valence-electron chi connectivity index (χ0n) is 10.4. The lowest BCUT2D eigenvalue weighted by Crippen LogP contribution is -2.55. The number of methoxy groups -OCH3 is 1. The lowest BCUT2D eigenvalue weighted by molar-refractivity contribution is -0.282. The monoisotopic (exact) mass is 283 g/mol. The van der Waals surface area contributed by atoms with Crippen LogP contribution < -0.4 is 11.1 Å². The number of hydrogen-bond donors (Lipinski definition) is 2.